The zero-order chi connectivity index (χ0) is 26.2. The lowest BCUT2D eigenvalue weighted by Gasteiger charge is -2.26. The highest BCUT2D eigenvalue weighted by Gasteiger charge is 2.47. The molecule has 0 radical (unpaired) electrons. The first-order chi connectivity index (χ1) is 17.1. The van der Waals surface area contributed by atoms with E-state index in [9.17, 15) is 27.9 Å². The molecule has 3 aromatic rings. The zero-order valence-corrected chi connectivity index (χ0v) is 20.6. The van der Waals surface area contributed by atoms with Gasteiger partial charge in [-0.2, -0.15) is 13.2 Å². The van der Waals surface area contributed by atoms with Crippen molar-refractivity contribution in [2.24, 2.45) is 0 Å². The Morgan fingerprint density at radius 3 is 2.22 bits per heavy atom. The van der Waals surface area contributed by atoms with Gasteiger partial charge in [-0.3, -0.25) is 14.5 Å². The number of amides is 1. The summed E-state index contributed by atoms with van der Waals surface area (Å²) in [5, 5.41) is 11.1. The molecule has 0 aromatic heterocycles. The number of anilines is 1. The van der Waals surface area contributed by atoms with Gasteiger partial charge in [-0.05, 0) is 48.0 Å². The molecule has 1 aliphatic rings. The topological polar surface area (TPSA) is 76.1 Å². The van der Waals surface area contributed by atoms with Gasteiger partial charge in [-0.15, -0.1) is 0 Å². The molecule has 1 amide bonds. The molecule has 10 heteroatoms. The highest BCUT2D eigenvalue weighted by atomic mass is 79.9. The number of rotatable bonds is 5. The summed E-state index contributed by atoms with van der Waals surface area (Å²) in [6, 6.07) is 13.8. The Bertz CT molecular complexity index is 1370. The number of ketones is 1. The van der Waals surface area contributed by atoms with Crippen LogP contribution in [0.3, 0.4) is 0 Å². The third kappa shape index (κ3) is 4.56. The summed E-state index contributed by atoms with van der Waals surface area (Å²) >= 11 is 3.30. The lowest BCUT2D eigenvalue weighted by Crippen LogP contribution is -2.29. The molecule has 1 atom stereocenters. The van der Waals surface area contributed by atoms with Crippen molar-refractivity contribution in [3.63, 3.8) is 0 Å². The van der Waals surface area contributed by atoms with Crippen molar-refractivity contribution in [3.05, 3.63) is 93.5 Å². The molecule has 1 heterocycles. The molecule has 1 aliphatic heterocycles. The molecular formula is C26H19BrF3NO5. The maximum atomic E-state index is 13.4. The largest absolute Gasteiger partial charge is 0.507 e. The van der Waals surface area contributed by atoms with E-state index in [1.807, 2.05) is 0 Å². The summed E-state index contributed by atoms with van der Waals surface area (Å²) in [6.07, 6.45) is -4.67. The Hall–Kier alpha value is -3.79. The molecule has 0 aliphatic carbocycles. The first-order valence-corrected chi connectivity index (χ1v) is 11.3. The number of ether oxygens (including phenoxy) is 2. The van der Waals surface area contributed by atoms with Gasteiger partial charge in [0.15, 0.2) is 11.5 Å². The third-order valence-corrected chi connectivity index (χ3v) is 6.27. The van der Waals surface area contributed by atoms with Crippen molar-refractivity contribution in [1.29, 1.82) is 0 Å². The Morgan fingerprint density at radius 2 is 1.61 bits per heavy atom. The van der Waals surface area contributed by atoms with Crippen LogP contribution in [0, 0.1) is 0 Å². The second-order valence-electron chi connectivity index (χ2n) is 7.84. The first kappa shape index (κ1) is 25.3. The summed E-state index contributed by atoms with van der Waals surface area (Å²) < 4.78 is 51.6. The molecule has 1 saturated heterocycles. The van der Waals surface area contributed by atoms with E-state index in [4.69, 9.17) is 9.47 Å². The fourth-order valence-electron chi connectivity index (χ4n) is 4.03. The van der Waals surface area contributed by atoms with Gasteiger partial charge in [0.1, 0.15) is 5.76 Å². The number of hydrogen-bond donors (Lipinski definition) is 1. The van der Waals surface area contributed by atoms with Crippen LogP contribution in [0.15, 0.2) is 76.8 Å². The third-order valence-electron chi connectivity index (χ3n) is 5.74. The lowest BCUT2D eigenvalue weighted by molar-refractivity contribution is -0.137. The number of nitrogens with zero attached hydrogens (tertiary/aromatic N) is 1. The summed E-state index contributed by atoms with van der Waals surface area (Å²) in [6.45, 7) is 0. The number of hydrogen-bond acceptors (Lipinski definition) is 5. The predicted octanol–water partition coefficient (Wildman–Crippen LogP) is 6.11. The number of carbonyl (C=O) groups excluding carboxylic acids is 2. The van der Waals surface area contributed by atoms with Gasteiger partial charge in [-0.25, -0.2) is 0 Å². The highest BCUT2D eigenvalue weighted by Crippen LogP contribution is 2.45. The van der Waals surface area contributed by atoms with Gasteiger partial charge >= 0.3 is 6.18 Å². The number of halogens is 4. The van der Waals surface area contributed by atoms with Crippen molar-refractivity contribution in [2.75, 3.05) is 19.1 Å². The number of aliphatic hydroxyl groups excluding tert-OH is 1. The van der Waals surface area contributed by atoms with Crippen molar-refractivity contribution in [1.82, 2.24) is 0 Å². The first-order valence-electron chi connectivity index (χ1n) is 10.5. The minimum absolute atomic E-state index is 0.151. The standard InChI is InChI=1S/C26H19BrF3NO5/c1-35-19-11-8-15(12-20(19)36-2)22-21(23(32)14-6-9-17(27)10-7-14)24(33)25(34)31(22)18-5-3-4-16(13-18)26(28,29)30/h3-13,22,32H,1-2H3. The number of benzene rings is 3. The van der Waals surface area contributed by atoms with E-state index in [1.165, 1.54) is 26.4 Å². The minimum atomic E-state index is -4.67. The zero-order valence-electron chi connectivity index (χ0n) is 19.0. The maximum absolute atomic E-state index is 13.4. The Balaban J connectivity index is 1.97. The molecular weight excluding hydrogens is 543 g/mol. The predicted molar refractivity (Wildman–Crippen MR) is 130 cm³/mol. The summed E-state index contributed by atoms with van der Waals surface area (Å²) in [4.78, 5) is 27.4. The van der Waals surface area contributed by atoms with Gasteiger partial charge in [0, 0.05) is 15.7 Å². The molecule has 0 saturated carbocycles. The van der Waals surface area contributed by atoms with Gasteiger partial charge in [0.25, 0.3) is 11.7 Å². The lowest BCUT2D eigenvalue weighted by atomic mass is 9.94. The van der Waals surface area contributed by atoms with E-state index in [0.717, 1.165) is 27.6 Å². The van der Waals surface area contributed by atoms with Gasteiger partial charge in [-0.1, -0.05) is 40.2 Å². The average molecular weight is 562 g/mol. The summed E-state index contributed by atoms with van der Waals surface area (Å²) in [7, 11) is 2.83. The molecule has 0 bridgehead atoms. The monoisotopic (exact) mass is 561 g/mol. The van der Waals surface area contributed by atoms with E-state index in [1.54, 1.807) is 36.4 Å². The molecule has 1 unspecified atom stereocenters. The fourth-order valence-corrected chi connectivity index (χ4v) is 4.30. The molecule has 6 nitrogen and oxygen atoms in total. The Morgan fingerprint density at radius 1 is 0.944 bits per heavy atom. The van der Waals surface area contributed by atoms with Crippen molar-refractivity contribution < 1.29 is 37.3 Å². The van der Waals surface area contributed by atoms with Crippen molar-refractivity contribution >= 4 is 39.1 Å². The van der Waals surface area contributed by atoms with Crippen molar-refractivity contribution in [2.45, 2.75) is 12.2 Å². The van der Waals surface area contributed by atoms with Crippen LogP contribution in [0.2, 0.25) is 0 Å². The molecule has 36 heavy (non-hydrogen) atoms. The van der Waals surface area contributed by atoms with E-state index >= 15 is 0 Å². The maximum Gasteiger partial charge on any atom is 0.416 e. The van der Waals surface area contributed by atoms with E-state index in [0.29, 0.717) is 11.3 Å². The second-order valence-corrected chi connectivity index (χ2v) is 8.75. The van der Waals surface area contributed by atoms with Crippen LogP contribution in [-0.4, -0.2) is 31.0 Å². The number of methoxy groups -OCH3 is 2. The smallest absolute Gasteiger partial charge is 0.416 e. The summed E-state index contributed by atoms with van der Waals surface area (Å²) in [5.41, 5.74) is -0.831. The molecule has 3 aromatic carbocycles. The van der Waals surface area contributed by atoms with E-state index in [-0.39, 0.29) is 22.6 Å². The summed E-state index contributed by atoms with van der Waals surface area (Å²) in [5.74, 6) is -1.94. The Kier molecular flexibility index (Phi) is 6.81. The average Bonchev–Trinajstić information content (AvgIpc) is 3.13. The van der Waals surface area contributed by atoms with Gasteiger partial charge < -0.3 is 14.6 Å². The van der Waals surface area contributed by atoms with E-state index < -0.39 is 35.2 Å². The molecule has 1 fully saturated rings. The van der Waals surface area contributed by atoms with Crippen LogP contribution in [0.1, 0.15) is 22.7 Å². The Labute approximate surface area is 212 Å². The minimum Gasteiger partial charge on any atom is -0.507 e. The number of Topliss-reactive ketones (excluding diaryl/α,β-unsaturated/α-hetero) is 1. The van der Waals surface area contributed by atoms with Gasteiger partial charge in [0.05, 0.1) is 31.4 Å². The van der Waals surface area contributed by atoms with Crippen LogP contribution >= 0.6 is 15.9 Å². The van der Waals surface area contributed by atoms with Crippen molar-refractivity contribution in [3.8, 4) is 11.5 Å². The van der Waals surface area contributed by atoms with Crippen LogP contribution in [0.5, 0.6) is 11.5 Å². The van der Waals surface area contributed by atoms with E-state index in [2.05, 4.69) is 15.9 Å². The fraction of sp³-hybridized carbons (Fsp3) is 0.154. The number of carbonyl (C=O) groups is 2. The molecule has 0 spiro atoms. The molecule has 4 rings (SSSR count). The highest BCUT2D eigenvalue weighted by molar-refractivity contribution is 9.10. The normalized spacial score (nSPS) is 17.4. The molecule has 1 N–H and O–H groups in total. The van der Waals surface area contributed by atoms with Crippen LogP contribution < -0.4 is 14.4 Å². The van der Waals surface area contributed by atoms with Gasteiger partial charge in [0.2, 0.25) is 0 Å². The number of alkyl halides is 3. The number of aliphatic hydroxyl groups is 1. The SMILES string of the molecule is COc1ccc(C2C(=C(O)c3ccc(Br)cc3)C(=O)C(=O)N2c2cccc(C(F)(F)F)c2)cc1OC. The van der Waals surface area contributed by atoms with Crippen LogP contribution in [0.25, 0.3) is 5.76 Å². The quantitative estimate of drug-likeness (QED) is 0.231. The molecule has 186 valence electrons. The van der Waals surface area contributed by atoms with Crippen LogP contribution in [0.4, 0.5) is 18.9 Å². The van der Waals surface area contributed by atoms with Crippen LogP contribution in [-0.2, 0) is 15.8 Å². The second kappa shape index (κ2) is 9.69.